The molecule has 1 aromatic carbocycles. The van der Waals surface area contributed by atoms with Crippen LogP contribution in [0.4, 0.5) is 0 Å². The Bertz CT molecular complexity index is 455. The third-order valence-corrected chi connectivity index (χ3v) is 5.36. The Balaban J connectivity index is 2.35. The number of ether oxygens (including phenoxy) is 1. The summed E-state index contributed by atoms with van der Waals surface area (Å²) < 4.78 is 5.28. The van der Waals surface area contributed by atoms with Crippen molar-refractivity contribution in [3.05, 3.63) is 28.8 Å². The van der Waals surface area contributed by atoms with Crippen molar-refractivity contribution < 1.29 is 4.74 Å². The largest absolute Gasteiger partial charge is 0.497 e. The normalized spacial score (nSPS) is 18.7. The van der Waals surface area contributed by atoms with E-state index < -0.39 is 0 Å². The summed E-state index contributed by atoms with van der Waals surface area (Å²) in [4.78, 5) is 0. The Hall–Kier alpha value is -0.730. The van der Waals surface area contributed by atoms with Crippen molar-refractivity contribution in [1.29, 1.82) is 0 Å². The van der Waals surface area contributed by atoms with Crippen LogP contribution in [0.2, 0.25) is 5.02 Å². The first kappa shape index (κ1) is 16.6. The maximum Gasteiger partial charge on any atom is 0.120 e. The minimum atomic E-state index is 0.350. The third kappa shape index (κ3) is 3.54. The predicted octanol–water partition coefficient (Wildman–Crippen LogP) is 5.36. The highest BCUT2D eigenvalue weighted by molar-refractivity contribution is 6.31. The summed E-state index contributed by atoms with van der Waals surface area (Å²) in [5.74, 6) is 0.829. The van der Waals surface area contributed by atoms with Crippen LogP contribution in [0.1, 0.15) is 64.0 Å². The van der Waals surface area contributed by atoms with E-state index in [2.05, 4.69) is 25.2 Å². The average Bonchev–Trinajstić information content (AvgIpc) is 2.99. The van der Waals surface area contributed by atoms with Crippen molar-refractivity contribution in [2.24, 2.45) is 5.41 Å². The SMILES string of the molecule is CCCNC(c1ccc(OC)cc1Cl)C1(CC)CCCC1. The van der Waals surface area contributed by atoms with Gasteiger partial charge in [-0.05, 0) is 55.3 Å². The summed E-state index contributed by atoms with van der Waals surface area (Å²) in [6.45, 7) is 5.57. The molecule has 1 aliphatic carbocycles. The van der Waals surface area contributed by atoms with Gasteiger partial charge >= 0.3 is 0 Å². The number of benzene rings is 1. The fourth-order valence-electron chi connectivity index (χ4n) is 3.74. The number of methoxy groups -OCH3 is 1. The molecule has 0 saturated heterocycles. The van der Waals surface area contributed by atoms with Gasteiger partial charge in [-0.1, -0.05) is 44.4 Å². The van der Waals surface area contributed by atoms with E-state index in [4.69, 9.17) is 16.3 Å². The highest BCUT2D eigenvalue weighted by atomic mass is 35.5. The van der Waals surface area contributed by atoms with Crippen molar-refractivity contribution in [2.45, 2.75) is 58.4 Å². The molecule has 0 aromatic heterocycles. The summed E-state index contributed by atoms with van der Waals surface area (Å²) in [5, 5.41) is 4.59. The summed E-state index contributed by atoms with van der Waals surface area (Å²) in [7, 11) is 1.68. The average molecular weight is 310 g/mol. The van der Waals surface area contributed by atoms with Crippen LogP contribution in [0.15, 0.2) is 18.2 Å². The molecule has 1 fully saturated rings. The number of halogens is 1. The van der Waals surface area contributed by atoms with E-state index in [0.29, 0.717) is 11.5 Å². The Labute approximate surface area is 134 Å². The van der Waals surface area contributed by atoms with Crippen molar-refractivity contribution in [1.82, 2.24) is 5.32 Å². The molecule has 0 heterocycles. The Morgan fingerprint density at radius 2 is 2.00 bits per heavy atom. The fraction of sp³-hybridized carbons (Fsp3) is 0.667. The van der Waals surface area contributed by atoms with Crippen molar-refractivity contribution in [3.63, 3.8) is 0 Å². The zero-order valence-corrected chi connectivity index (χ0v) is 14.3. The first-order valence-electron chi connectivity index (χ1n) is 8.23. The van der Waals surface area contributed by atoms with Crippen LogP contribution in [0.5, 0.6) is 5.75 Å². The maximum atomic E-state index is 6.56. The van der Waals surface area contributed by atoms with E-state index in [9.17, 15) is 0 Å². The second-order valence-corrected chi connectivity index (χ2v) is 6.60. The lowest BCUT2D eigenvalue weighted by molar-refractivity contribution is 0.187. The molecule has 2 rings (SSSR count). The Kier molecular flexibility index (Phi) is 5.95. The van der Waals surface area contributed by atoms with E-state index in [1.807, 2.05) is 12.1 Å². The summed E-state index contributed by atoms with van der Waals surface area (Å²) in [6.07, 6.45) is 7.62. The number of rotatable bonds is 7. The highest BCUT2D eigenvalue weighted by Crippen LogP contribution is 2.51. The Morgan fingerprint density at radius 1 is 1.29 bits per heavy atom. The van der Waals surface area contributed by atoms with Crippen LogP contribution in [0.25, 0.3) is 0 Å². The topological polar surface area (TPSA) is 21.3 Å². The third-order valence-electron chi connectivity index (χ3n) is 5.03. The predicted molar refractivity (Wildman–Crippen MR) is 90.2 cm³/mol. The van der Waals surface area contributed by atoms with E-state index >= 15 is 0 Å². The van der Waals surface area contributed by atoms with Crippen LogP contribution in [-0.4, -0.2) is 13.7 Å². The van der Waals surface area contributed by atoms with Gasteiger partial charge in [0.1, 0.15) is 5.75 Å². The molecule has 0 amide bonds. The van der Waals surface area contributed by atoms with Gasteiger partial charge in [0.15, 0.2) is 0 Å². The van der Waals surface area contributed by atoms with Gasteiger partial charge in [0, 0.05) is 11.1 Å². The second-order valence-electron chi connectivity index (χ2n) is 6.20. The molecule has 21 heavy (non-hydrogen) atoms. The summed E-state index contributed by atoms with van der Waals surface area (Å²) in [5.41, 5.74) is 1.59. The summed E-state index contributed by atoms with van der Waals surface area (Å²) >= 11 is 6.56. The van der Waals surface area contributed by atoms with Crippen LogP contribution in [-0.2, 0) is 0 Å². The molecule has 1 aliphatic rings. The van der Waals surface area contributed by atoms with Crippen LogP contribution >= 0.6 is 11.6 Å². The lowest BCUT2D eigenvalue weighted by atomic mass is 9.73. The van der Waals surface area contributed by atoms with Gasteiger partial charge in [-0.25, -0.2) is 0 Å². The number of nitrogens with one attached hydrogen (secondary N) is 1. The molecule has 0 aliphatic heterocycles. The molecule has 0 bridgehead atoms. The zero-order chi connectivity index (χ0) is 15.3. The quantitative estimate of drug-likeness (QED) is 0.732. The minimum Gasteiger partial charge on any atom is -0.497 e. The van der Waals surface area contributed by atoms with Gasteiger partial charge in [-0.15, -0.1) is 0 Å². The standard InChI is InChI=1S/C18H28ClNO/c1-4-12-20-17(18(5-2)10-6-7-11-18)15-9-8-14(21-3)13-16(15)19/h8-9,13,17,20H,4-7,10-12H2,1-3H3. The van der Waals surface area contributed by atoms with Gasteiger partial charge in [0.05, 0.1) is 7.11 Å². The van der Waals surface area contributed by atoms with Gasteiger partial charge in [0.2, 0.25) is 0 Å². The van der Waals surface area contributed by atoms with Crippen molar-refractivity contribution in [2.75, 3.05) is 13.7 Å². The fourth-order valence-corrected chi connectivity index (χ4v) is 4.02. The molecule has 1 unspecified atom stereocenters. The number of hydrogen-bond acceptors (Lipinski definition) is 2. The highest BCUT2D eigenvalue weighted by Gasteiger charge is 2.40. The monoisotopic (exact) mass is 309 g/mol. The smallest absolute Gasteiger partial charge is 0.120 e. The molecule has 118 valence electrons. The van der Waals surface area contributed by atoms with E-state index in [1.165, 1.54) is 37.7 Å². The van der Waals surface area contributed by atoms with Crippen LogP contribution in [0.3, 0.4) is 0 Å². The maximum absolute atomic E-state index is 6.56. The Morgan fingerprint density at radius 3 is 2.52 bits per heavy atom. The molecule has 0 spiro atoms. The molecule has 1 saturated carbocycles. The lowest BCUT2D eigenvalue weighted by Gasteiger charge is -2.38. The lowest BCUT2D eigenvalue weighted by Crippen LogP contribution is -2.36. The van der Waals surface area contributed by atoms with Crippen LogP contribution in [0, 0.1) is 5.41 Å². The molecule has 1 N–H and O–H groups in total. The molecule has 3 heteroatoms. The van der Waals surface area contributed by atoms with Crippen molar-refractivity contribution >= 4 is 11.6 Å². The number of hydrogen-bond donors (Lipinski definition) is 1. The van der Waals surface area contributed by atoms with Crippen molar-refractivity contribution in [3.8, 4) is 5.75 Å². The molecule has 2 nitrogen and oxygen atoms in total. The first-order chi connectivity index (χ1) is 10.2. The first-order valence-corrected chi connectivity index (χ1v) is 8.61. The van der Waals surface area contributed by atoms with Gasteiger partial charge in [-0.3, -0.25) is 0 Å². The zero-order valence-electron chi connectivity index (χ0n) is 13.5. The van der Waals surface area contributed by atoms with E-state index in [-0.39, 0.29) is 0 Å². The second kappa shape index (κ2) is 7.51. The molecule has 0 radical (unpaired) electrons. The van der Waals surface area contributed by atoms with E-state index in [1.54, 1.807) is 7.11 Å². The van der Waals surface area contributed by atoms with Crippen LogP contribution < -0.4 is 10.1 Å². The molecular weight excluding hydrogens is 282 g/mol. The molecule has 1 atom stereocenters. The van der Waals surface area contributed by atoms with Gasteiger partial charge in [-0.2, -0.15) is 0 Å². The molecule has 1 aromatic rings. The van der Waals surface area contributed by atoms with Gasteiger partial charge < -0.3 is 10.1 Å². The van der Waals surface area contributed by atoms with Gasteiger partial charge in [0.25, 0.3) is 0 Å². The molecular formula is C18H28ClNO. The summed E-state index contributed by atoms with van der Waals surface area (Å²) in [6, 6.07) is 6.46. The van der Waals surface area contributed by atoms with E-state index in [0.717, 1.165) is 23.7 Å². The minimum absolute atomic E-state index is 0.350.